The van der Waals surface area contributed by atoms with Gasteiger partial charge in [0.25, 0.3) is 0 Å². The Balaban J connectivity index is 1.47. The van der Waals surface area contributed by atoms with Crippen LogP contribution in [0.4, 0.5) is 0 Å². The molecular formula is C63H119NO18. The molecule has 484 valence electrons. The second kappa shape index (κ2) is 46.7. The normalized spacial score (nSPS) is 29.6. The molecule has 0 aliphatic carbocycles. The Morgan fingerprint density at radius 2 is 0.756 bits per heavy atom. The van der Waals surface area contributed by atoms with Crippen molar-refractivity contribution < 1.29 is 89.4 Å². The van der Waals surface area contributed by atoms with Gasteiger partial charge in [0.1, 0.15) is 73.2 Å². The largest absolute Gasteiger partial charge is 0.394 e. The summed E-state index contributed by atoms with van der Waals surface area (Å²) in [5, 5.41) is 120. The first kappa shape index (κ1) is 74.8. The average Bonchev–Trinajstić information content (AvgIpc) is 3.25. The van der Waals surface area contributed by atoms with E-state index in [1.54, 1.807) is 6.08 Å². The number of nitrogens with one attached hydrogen (secondary N) is 1. The van der Waals surface area contributed by atoms with Crippen molar-refractivity contribution in [1.29, 1.82) is 0 Å². The van der Waals surface area contributed by atoms with Gasteiger partial charge in [-0.05, 0) is 19.3 Å². The maximum atomic E-state index is 13.4. The summed E-state index contributed by atoms with van der Waals surface area (Å²) in [7, 11) is 0. The number of unbranched alkanes of at least 4 members (excludes halogenated alkanes) is 34. The molecule has 3 saturated heterocycles. The average molecular weight is 1180 g/mol. The van der Waals surface area contributed by atoms with E-state index in [2.05, 4.69) is 19.2 Å². The Morgan fingerprint density at radius 1 is 0.427 bits per heavy atom. The molecule has 17 atom stereocenters. The van der Waals surface area contributed by atoms with Crippen LogP contribution in [0.3, 0.4) is 0 Å². The molecule has 0 spiro atoms. The quantitative estimate of drug-likeness (QED) is 0.0210. The minimum Gasteiger partial charge on any atom is -0.394 e. The highest BCUT2D eigenvalue weighted by Crippen LogP contribution is 2.33. The fraction of sp³-hybridized carbons (Fsp3) is 0.952. The summed E-state index contributed by atoms with van der Waals surface area (Å²) in [5.74, 6) is -0.270. The van der Waals surface area contributed by atoms with Crippen molar-refractivity contribution in [3.05, 3.63) is 12.2 Å². The van der Waals surface area contributed by atoms with Crippen LogP contribution in [0.25, 0.3) is 0 Å². The molecule has 0 aromatic carbocycles. The molecular weight excluding hydrogens is 1060 g/mol. The summed E-state index contributed by atoms with van der Waals surface area (Å²) in [6.07, 6.45) is 21.8. The van der Waals surface area contributed by atoms with Crippen molar-refractivity contribution in [3.8, 4) is 0 Å². The topological polar surface area (TPSA) is 307 Å². The Hall–Kier alpha value is -1.47. The van der Waals surface area contributed by atoms with Crippen LogP contribution >= 0.6 is 0 Å². The second-order valence-corrected chi connectivity index (χ2v) is 23.9. The van der Waals surface area contributed by atoms with Gasteiger partial charge in [-0.15, -0.1) is 0 Å². The van der Waals surface area contributed by atoms with Crippen molar-refractivity contribution in [2.75, 3.05) is 26.4 Å². The van der Waals surface area contributed by atoms with E-state index in [1.807, 2.05) is 6.08 Å². The molecule has 3 rings (SSSR count). The molecule has 0 saturated carbocycles. The third-order valence-corrected chi connectivity index (χ3v) is 16.8. The highest BCUT2D eigenvalue weighted by atomic mass is 16.8. The van der Waals surface area contributed by atoms with Gasteiger partial charge in [-0.1, -0.05) is 238 Å². The van der Waals surface area contributed by atoms with E-state index < -0.39 is 124 Å². The number of ether oxygens (including phenoxy) is 6. The summed E-state index contributed by atoms with van der Waals surface area (Å²) in [5.41, 5.74) is 0. The molecule has 12 N–H and O–H groups in total. The van der Waals surface area contributed by atoms with Gasteiger partial charge in [0.15, 0.2) is 18.9 Å². The molecule has 19 nitrogen and oxygen atoms in total. The van der Waals surface area contributed by atoms with E-state index in [9.17, 15) is 61.0 Å². The number of hydrogen-bond donors (Lipinski definition) is 12. The monoisotopic (exact) mass is 1180 g/mol. The van der Waals surface area contributed by atoms with Gasteiger partial charge >= 0.3 is 0 Å². The van der Waals surface area contributed by atoms with Crippen molar-refractivity contribution in [1.82, 2.24) is 5.32 Å². The van der Waals surface area contributed by atoms with E-state index in [0.29, 0.717) is 6.42 Å². The third-order valence-electron chi connectivity index (χ3n) is 16.8. The Morgan fingerprint density at radius 3 is 1.15 bits per heavy atom. The first-order chi connectivity index (χ1) is 39.8. The van der Waals surface area contributed by atoms with Crippen LogP contribution in [-0.2, 0) is 33.2 Å². The van der Waals surface area contributed by atoms with Crippen molar-refractivity contribution in [2.45, 2.75) is 356 Å². The number of hydrogen-bond acceptors (Lipinski definition) is 18. The predicted octanol–water partition coefficient (Wildman–Crippen LogP) is 7.33. The third kappa shape index (κ3) is 29.5. The summed E-state index contributed by atoms with van der Waals surface area (Å²) in [6.45, 7) is 1.76. The first-order valence-electron chi connectivity index (χ1n) is 32.9. The lowest BCUT2D eigenvalue weighted by atomic mass is 9.96. The van der Waals surface area contributed by atoms with Gasteiger partial charge in [0.2, 0.25) is 5.91 Å². The smallest absolute Gasteiger partial charge is 0.220 e. The van der Waals surface area contributed by atoms with Gasteiger partial charge in [0.05, 0.1) is 38.6 Å². The van der Waals surface area contributed by atoms with E-state index in [0.717, 1.165) is 44.9 Å². The van der Waals surface area contributed by atoms with Crippen LogP contribution in [0.2, 0.25) is 0 Å². The summed E-state index contributed by atoms with van der Waals surface area (Å²) in [6, 6.07) is -0.967. The first-order valence-corrected chi connectivity index (χ1v) is 32.9. The molecule has 3 aliphatic heterocycles. The van der Waals surface area contributed by atoms with E-state index in [1.165, 1.54) is 180 Å². The molecule has 3 aliphatic rings. The highest BCUT2D eigenvalue weighted by molar-refractivity contribution is 5.76. The molecule has 3 fully saturated rings. The molecule has 0 aromatic rings. The number of carbonyl (C=O) groups is 1. The zero-order chi connectivity index (χ0) is 59.7. The zero-order valence-electron chi connectivity index (χ0n) is 50.7. The van der Waals surface area contributed by atoms with Crippen molar-refractivity contribution in [2.24, 2.45) is 0 Å². The van der Waals surface area contributed by atoms with Crippen LogP contribution in [0.5, 0.6) is 0 Å². The van der Waals surface area contributed by atoms with Gasteiger partial charge < -0.3 is 89.9 Å². The highest BCUT2D eigenvalue weighted by Gasteiger charge is 2.53. The van der Waals surface area contributed by atoms with Crippen LogP contribution in [0, 0.1) is 0 Å². The Bertz CT molecular complexity index is 1550. The maximum Gasteiger partial charge on any atom is 0.220 e. The molecule has 0 aromatic heterocycles. The second-order valence-electron chi connectivity index (χ2n) is 23.9. The molecule has 82 heavy (non-hydrogen) atoms. The number of rotatable bonds is 50. The van der Waals surface area contributed by atoms with Crippen LogP contribution < -0.4 is 5.32 Å². The lowest BCUT2D eigenvalue weighted by Crippen LogP contribution is -2.66. The van der Waals surface area contributed by atoms with Gasteiger partial charge in [-0.3, -0.25) is 4.79 Å². The lowest BCUT2D eigenvalue weighted by molar-refractivity contribution is -0.379. The molecule has 19 heteroatoms. The number of allylic oxidation sites excluding steroid dienone is 1. The van der Waals surface area contributed by atoms with Crippen LogP contribution in [-0.4, -0.2) is 193 Å². The fourth-order valence-electron chi connectivity index (χ4n) is 11.4. The molecule has 17 unspecified atom stereocenters. The van der Waals surface area contributed by atoms with Gasteiger partial charge in [0, 0.05) is 6.42 Å². The number of carbonyl (C=O) groups excluding carboxylic acids is 1. The van der Waals surface area contributed by atoms with Crippen LogP contribution in [0.1, 0.15) is 251 Å². The van der Waals surface area contributed by atoms with Gasteiger partial charge in [-0.2, -0.15) is 0 Å². The van der Waals surface area contributed by atoms with Crippen molar-refractivity contribution in [3.63, 3.8) is 0 Å². The minimum absolute atomic E-state index is 0.249. The molecule has 3 heterocycles. The molecule has 0 radical (unpaired) electrons. The van der Waals surface area contributed by atoms with E-state index >= 15 is 0 Å². The summed E-state index contributed by atoms with van der Waals surface area (Å²) >= 11 is 0. The van der Waals surface area contributed by atoms with E-state index in [4.69, 9.17) is 28.4 Å². The zero-order valence-corrected chi connectivity index (χ0v) is 50.7. The SMILES string of the molecule is CCCCCCCCCCCCCCCCC/C=C/C(O)C(COC1OC(CO)C(OC2OC(CO)C(OC3OC(CO)C(O)C(O)C3O)C(O)C2O)C(O)C1O)NC(=O)CCCCCCCCCCCCCCCCCCCCCC. The number of aliphatic hydroxyl groups excluding tert-OH is 11. The lowest BCUT2D eigenvalue weighted by Gasteiger charge is -2.48. The van der Waals surface area contributed by atoms with Crippen LogP contribution in [0.15, 0.2) is 12.2 Å². The van der Waals surface area contributed by atoms with E-state index in [-0.39, 0.29) is 18.9 Å². The molecule has 1 amide bonds. The summed E-state index contributed by atoms with van der Waals surface area (Å²) < 4.78 is 34.3. The summed E-state index contributed by atoms with van der Waals surface area (Å²) in [4.78, 5) is 13.4. The standard InChI is InChI=1S/C63H119NO18/c1-3-5-7-9-11-13-15-17-19-21-22-23-25-27-29-31-33-35-37-39-41-51(69)64-46(47(68)40-38-36-34-32-30-28-26-24-20-18-16-14-12-10-8-6-4-2)45-77-61-57(75)54(72)59(49(43-66)79-61)82-63-58(76)55(73)60(50(44-67)80-63)81-62-56(74)53(71)52(70)48(42-65)78-62/h38,40,46-50,52-63,65-68,70-76H,3-37,39,41-45H2,1-2H3,(H,64,69)/b40-38+. The molecule has 0 bridgehead atoms. The minimum atomic E-state index is -1.97. The predicted molar refractivity (Wildman–Crippen MR) is 314 cm³/mol. The maximum absolute atomic E-state index is 13.4. The Labute approximate surface area is 493 Å². The number of aliphatic hydroxyl groups is 11. The Kier molecular flexibility index (Phi) is 42.5. The fourth-order valence-corrected chi connectivity index (χ4v) is 11.4. The van der Waals surface area contributed by atoms with Gasteiger partial charge in [-0.25, -0.2) is 0 Å². The number of amides is 1. The van der Waals surface area contributed by atoms with Crippen molar-refractivity contribution >= 4 is 5.91 Å².